The first kappa shape index (κ1) is 17.2. The van der Waals surface area contributed by atoms with E-state index in [0.717, 1.165) is 22.1 Å². The maximum Gasteiger partial charge on any atom is 0.541 e. The zero-order chi connectivity index (χ0) is 15.2. The Labute approximate surface area is 123 Å². The summed E-state index contributed by atoms with van der Waals surface area (Å²) in [4.78, 5) is 0. The van der Waals surface area contributed by atoms with Crippen molar-refractivity contribution in [2.45, 2.75) is 34.6 Å². The summed E-state index contributed by atoms with van der Waals surface area (Å²) in [5, 5.41) is 0.919. The van der Waals surface area contributed by atoms with Gasteiger partial charge >= 0.3 is 8.80 Å². The molecule has 0 amide bonds. The summed E-state index contributed by atoms with van der Waals surface area (Å²) >= 11 is 0. The Kier molecular flexibility index (Phi) is 6.68. The first-order valence-corrected chi connectivity index (χ1v) is 8.84. The number of hydrogen-bond acceptors (Lipinski definition) is 4. The third-order valence-corrected chi connectivity index (χ3v) is 5.99. The number of hydrogen-bond donors (Lipinski definition) is 0. The van der Waals surface area contributed by atoms with E-state index in [1.165, 1.54) is 0 Å². The maximum absolute atomic E-state index is 5.96. The topological polar surface area (TPSA) is 36.9 Å². The van der Waals surface area contributed by atoms with Crippen molar-refractivity contribution in [1.82, 2.24) is 0 Å². The molecule has 0 heterocycles. The van der Waals surface area contributed by atoms with Gasteiger partial charge in [0.25, 0.3) is 0 Å². The summed E-state index contributed by atoms with van der Waals surface area (Å²) in [5.74, 6) is 0.803. The van der Waals surface area contributed by atoms with Gasteiger partial charge in [-0.3, -0.25) is 0 Å². The molecule has 0 fully saturated rings. The summed E-state index contributed by atoms with van der Waals surface area (Å²) < 4.78 is 23.5. The predicted octanol–water partition coefficient (Wildman–Crippen LogP) is 2.57. The van der Waals surface area contributed by atoms with Gasteiger partial charge in [0, 0.05) is 19.8 Å². The monoisotopic (exact) mass is 298 g/mol. The van der Waals surface area contributed by atoms with Crippen molar-refractivity contribution >= 4 is 14.0 Å². The molecule has 0 N–H and O–H groups in total. The fourth-order valence-corrected chi connectivity index (χ4v) is 5.22. The van der Waals surface area contributed by atoms with Gasteiger partial charge in [-0.15, -0.1) is 0 Å². The van der Waals surface area contributed by atoms with Crippen LogP contribution in [0, 0.1) is 13.8 Å². The third kappa shape index (κ3) is 3.61. The third-order valence-electron chi connectivity index (χ3n) is 2.96. The van der Waals surface area contributed by atoms with Crippen molar-refractivity contribution < 1.29 is 18.0 Å². The van der Waals surface area contributed by atoms with Crippen molar-refractivity contribution in [3.05, 3.63) is 23.3 Å². The summed E-state index contributed by atoms with van der Waals surface area (Å²) in [7, 11) is -1.25. The number of methoxy groups -OCH3 is 1. The number of rotatable bonds is 8. The number of benzene rings is 1. The van der Waals surface area contributed by atoms with Gasteiger partial charge in [0.15, 0.2) is 0 Å². The van der Waals surface area contributed by atoms with E-state index < -0.39 is 8.80 Å². The molecule has 0 saturated carbocycles. The minimum Gasteiger partial charge on any atom is -0.496 e. The Bertz CT molecular complexity index is 417. The van der Waals surface area contributed by atoms with Crippen LogP contribution in [0.2, 0.25) is 0 Å². The van der Waals surface area contributed by atoms with Crippen LogP contribution in [-0.4, -0.2) is 35.7 Å². The molecule has 0 unspecified atom stereocenters. The van der Waals surface area contributed by atoms with Gasteiger partial charge in [-0.2, -0.15) is 0 Å². The first-order chi connectivity index (χ1) is 9.54. The molecule has 0 aliphatic heterocycles. The van der Waals surface area contributed by atoms with E-state index >= 15 is 0 Å². The molecule has 0 aliphatic carbocycles. The van der Waals surface area contributed by atoms with Gasteiger partial charge in [-0.25, -0.2) is 0 Å². The minimum absolute atomic E-state index is 0.544. The fourth-order valence-electron chi connectivity index (χ4n) is 2.38. The molecule has 1 aromatic carbocycles. The quantitative estimate of drug-likeness (QED) is 0.691. The lowest BCUT2D eigenvalue weighted by Gasteiger charge is -2.30. The van der Waals surface area contributed by atoms with E-state index in [4.69, 9.17) is 18.0 Å². The van der Waals surface area contributed by atoms with E-state index in [9.17, 15) is 0 Å². The van der Waals surface area contributed by atoms with E-state index in [0.29, 0.717) is 19.8 Å². The van der Waals surface area contributed by atoms with E-state index in [2.05, 4.69) is 19.1 Å². The zero-order valence-electron chi connectivity index (χ0n) is 13.4. The molecule has 0 aromatic heterocycles. The van der Waals surface area contributed by atoms with Gasteiger partial charge in [0.05, 0.1) is 12.3 Å². The van der Waals surface area contributed by atoms with Crippen LogP contribution < -0.4 is 9.92 Å². The molecule has 1 rings (SSSR count). The van der Waals surface area contributed by atoms with Gasteiger partial charge < -0.3 is 18.0 Å². The van der Waals surface area contributed by atoms with Crippen molar-refractivity contribution in [1.29, 1.82) is 0 Å². The lowest BCUT2D eigenvalue weighted by Crippen LogP contribution is -2.57. The maximum atomic E-state index is 5.96. The average Bonchev–Trinajstić information content (AvgIpc) is 2.38. The van der Waals surface area contributed by atoms with Gasteiger partial charge in [0.1, 0.15) is 5.75 Å². The molecular weight excluding hydrogens is 272 g/mol. The molecule has 0 spiro atoms. The largest absolute Gasteiger partial charge is 0.541 e. The highest BCUT2D eigenvalue weighted by atomic mass is 28.4. The number of ether oxygens (including phenoxy) is 1. The smallest absolute Gasteiger partial charge is 0.496 e. The second-order valence-corrected chi connectivity index (χ2v) is 7.03. The van der Waals surface area contributed by atoms with Gasteiger partial charge in [-0.05, 0) is 46.2 Å². The Morgan fingerprint density at radius 1 is 0.900 bits per heavy atom. The predicted molar refractivity (Wildman–Crippen MR) is 82.7 cm³/mol. The highest BCUT2D eigenvalue weighted by molar-refractivity contribution is 6.76. The lowest BCUT2D eigenvalue weighted by molar-refractivity contribution is 0.0853. The van der Waals surface area contributed by atoms with Crippen LogP contribution in [-0.2, 0) is 13.3 Å². The summed E-state index contributed by atoms with van der Waals surface area (Å²) in [6.07, 6.45) is 0. The minimum atomic E-state index is -2.92. The molecule has 5 heteroatoms. The highest BCUT2D eigenvalue weighted by Gasteiger charge is 2.46. The van der Waals surface area contributed by atoms with Crippen LogP contribution in [0.15, 0.2) is 12.1 Å². The van der Waals surface area contributed by atoms with Crippen molar-refractivity contribution in [2.75, 3.05) is 26.9 Å². The second kappa shape index (κ2) is 7.78. The van der Waals surface area contributed by atoms with Gasteiger partial charge in [-0.1, -0.05) is 11.6 Å². The fraction of sp³-hybridized carbons (Fsp3) is 0.600. The van der Waals surface area contributed by atoms with E-state index in [-0.39, 0.29) is 0 Å². The molecular formula is C15H26O4Si. The van der Waals surface area contributed by atoms with Crippen LogP contribution in [0.25, 0.3) is 0 Å². The Balaban J connectivity index is 3.44. The van der Waals surface area contributed by atoms with Crippen LogP contribution in [0.4, 0.5) is 0 Å². The molecule has 4 nitrogen and oxygen atoms in total. The van der Waals surface area contributed by atoms with Gasteiger partial charge in [0.2, 0.25) is 0 Å². The van der Waals surface area contributed by atoms with E-state index in [1.807, 2.05) is 27.7 Å². The molecule has 0 aliphatic rings. The van der Waals surface area contributed by atoms with Crippen LogP contribution in [0.1, 0.15) is 31.9 Å². The molecule has 0 radical (unpaired) electrons. The second-order valence-electron chi connectivity index (χ2n) is 4.52. The Hall–Kier alpha value is -0.883. The van der Waals surface area contributed by atoms with Crippen LogP contribution >= 0.6 is 0 Å². The van der Waals surface area contributed by atoms with E-state index in [1.54, 1.807) is 7.11 Å². The molecule has 1 aromatic rings. The summed E-state index contributed by atoms with van der Waals surface area (Å²) in [6.45, 7) is 11.6. The van der Waals surface area contributed by atoms with Crippen molar-refractivity contribution in [3.8, 4) is 5.75 Å². The molecule has 0 saturated heterocycles. The van der Waals surface area contributed by atoms with Crippen LogP contribution in [0.5, 0.6) is 5.75 Å². The van der Waals surface area contributed by atoms with Crippen molar-refractivity contribution in [2.24, 2.45) is 0 Å². The highest BCUT2D eigenvalue weighted by Crippen LogP contribution is 2.23. The zero-order valence-corrected chi connectivity index (χ0v) is 14.4. The molecule has 0 bridgehead atoms. The summed E-state index contributed by atoms with van der Waals surface area (Å²) in [5.41, 5.74) is 2.22. The first-order valence-electron chi connectivity index (χ1n) is 7.12. The molecule has 20 heavy (non-hydrogen) atoms. The number of aryl methyl sites for hydroxylation is 2. The lowest BCUT2D eigenvalue weighted by atomic mass is 10.1. The molecule has 0 atom stereocenters. The average molecular weight is 298 g/mol. The summed E-state index contributed by atoms with van der Waals surface area (Å²) in [6, 6.07) is 4.14. The Morgan fingerprint density at radius 2 is 1.40 bits per heavy atom. The normalized spacial score (nSPS) is 11.7. The Morgan fingerprint density at radius 3 is 1.80 bits per heavy atom. The standard InChI is InChI=1S/C15H26O4Si/c1-7-17-20(18-8-2,19-9-3)14-11-12(4)10-13(5)15(14)16-6/h10-11H,7-9H2,1-6H3. The SMILES string of the molecule is CCO[Si](OCC)(OCC)c1cc(C)cc(C)c1OC. The van der Waals surface area contributed by atoms with Crippen LogP contribution in [0.3, 0.4) is 0 Å². The molecule has 114 valence electrons. The van der Waals surface area contributed by atoms with Crippen molar-refractivity contribution in [3.63, 3.8) is 0 Å².